The second-order valence-electron chi connectivity index (χ2n) is 3.03. The van der Waals surface area contributed by atoms with Gasteiger partial charge in [-0.05, 0) is 13.8 Å². The maximum absolute atomic E-state index is 10.2. The average Bonchev–Trinajstić information content (AvgIpc) is 2.32. The predicted octanol–water partition coefficient (Wildman–Crippen LogP) is 1.46. The highest BCUT2D eigenvalue weighted by Gasteiger charge is 2.19. The first-order valence-electron chi connectivity index (χ1n) is 3.58. The highest BCUT2D eigenvalue weighted by molar-refractivity contribution is 7.13. The third-order valence-corrected chi connectivity index (χ3v) is 2.10. The number of aromatic nitrogens is 1. The molecule has 0 spiro atoms. The Kier molecular flexibility index (Phi) is 2.53. The maximum atomic E-state index is 10.2. The van der Waals surface area contributed by atoms with E-state index in [2.05, 4.69) is 10.3 Å². The van der Waals surface area contributed by atoms with Gasteiger partial charge in [0.05, 0.1) is 5.69 Å². The van der Waals surface area contributed by atoms with E-state index in [-0.39, 0.29) is 5.13 Å². The van der Waals surface area contributed by atoms with E-state index in [9.17, 15) is 9.90 Å². The normalized spacial score (nSPS) is 11.3. The molecular formula is C7H10N2O3S. The molecule has 3 N–H and O–H groups in total. The van der Waals surface area contributed by atoms with Crippen molar-refractivity contribution in [1.29, 1.82) is 0 Å². The van der Waals surface area contributed by atoms with Crippen molar-refractivity contribution in [2.75, 3.05) is 5.32 Å². The number of carboxylic acid groups (broad SMARTS) is 1. The fourth-order valence-electron chi connectivity index (χ4n) is 0.704. The lowest BCUT2D eigenvalue weighted by molar-refractivity contribution is 0.0746. The van der Waals surface area contributed by atoms with E-state index in [0.29, 0.717) is 5.69 Å². The van der Waals surface area contributed by atoms with Crippen LogP contribution in [0.4, 0.5) is 9.93 Å². The molecule has 1 aromatic heterocycles. The zero-order chi connectivity index (χ0) is 10.1. The molecule has 0 radical (unpaired) electrons. The third-order valence-electron chi connectivity index (χ3n) is 1.34. The molecular weight excluding hydrogens is 192 g/mol. The summed E-state index contributed by atoms with van der Waals surface area (Å²) in [7, 11) is 0. The van der Waals surface area contributed by atoms with Crippen molar-refractivity contribution in [3.05, 3.63) is 11.1 Å². The van der Waals surface area contributed by atoms with Crippen molar-refractivity contribution in [2.45, 2.75) is 19.4 Å². The predicted molar refractivity (Wildman–Crippen MR) is 49.0 cm³/mol. The first kappa shape index (κ1) is 9.94. The zero-order valence-electron chi connectivity index (χ0n) is 7.24. The van der Waals surface area contributed by atoms with Gasteiger partial charge in [0.1, 0.15) is 5.60 Å². The number of nitrogens with zero attached hydrogens (tertiary/aromatic N) is 1. The van der Waals surface area contributed by atoms with Gasteiger partial charge in [0.25, 0.3) is 0 Å². The van der Waals surface area contributed by atoms with E-state index in [0.717, 1.165) is 11.3 Å². The van der Waals surface area contributed by atoms with Crippen molar-refractivity contribution in [2.24, 2.45) is 0 Å². The fraction of sp³-hybridized carbons (Fsp3) is 0.429. The molecule has 1 aromatic rings. The lowest BCUT2D eigenvalue weighted by Crippen LogP contribution is -2.16. The van der Waals surface area contributed by atoms with E-state index >= 15 is 0 Å². The van der Waals surface area contributed by atoms with Crippen LogP contribution >= 0.6 is 11.3 Å². The highest BCUT2D eigenvalue weighted by Crippen LogP contribution is 2.24. The molecule has 0 atom stereocenters. The first-order valence-corrected chi connectivity index (χ1v) is 4.46. The van der Waals surface area contributed by atoms with Crippen LogP contribution in [0.3, 0.4) is 0 Å². The second kappa shape index (κ2) is 3.31. The summed E-state index contributed by atoms with van der Waals surface area (Å²) in [5.74, 6) is 0. The van der Waals surface area contributed by atoms with Gasteiger partial charge in [0.15, 0.2) is 5.13 Å². The standard InChI is InChI=1S/C7H10N2O3S/c1-7(2,12)4-3-13-5(8-4)9-6(10)11/h3,12H,1-2H3,(H,8,9)(H,10,11). The number of nitrogens with one attached hydrogen (secondary N) is 1. The molecule has 0 aliphatic carbocycles. The van der Waals surface area contributed by atoms with Gasteiger partial charge in [-0.3, -0.25) is 5.32 Å². The molecule has 1 heterocycles. The average molecular weight is 202 g/mol. The van der Waals surface area contributed by atoms with Crippen molar-refractivity contribution in [1.82, 2.24) is 4.98 Å². The van der Waals surface area contributed by atoms with Gasteiger partial charge in [-0.25, -0.2) is 9.78 Å². The van der Waals surface area contributed by atoms with Crippen LogP contribution < -0.4 is 5.32 Å². The number of hydrogen-bond acceptors (Lipinski definition) is 4. The van der Waals surface area contributed by atoms with E-state index in [1.54, 1.807) is 19.2 Å². The van der Waals surface area contributed by atoms with Crippen LogP contribution in [0, 0.1) is 0 Å². The first-order chi connectivity index (χ1) is 5.89. The number of rotatable bonds is 2. The molecule has 5 nitrogen and oxygen atoms in total. The zero-order valence-corrected chi connectivity index (χ0v) is 8.05. The van der Waals surface area contributed by atoms with Crippen molar-refractivity contribution < 1.29 is 15.0 Å². The highest BCUT2D eigenvalue weighted by atomic mass is 32.1. The largest absolute Gasteiger partial charge is 0.465 e. The summed E-state index contributed by atoms with van der Waals surface area (Å²) in [6, 6.07) is 0. The Morgan fingerprint density at radius 3 is 2.69 bits per heavy atom. The second-order valence-corrected chi connectivity index (χ2v) is 3.89. The summed E-state index contributed by atoms with van der Waals surface area (Å²) < 4.78 is 0. The Bertz CT molecular complexity index is 316. The van der Waals surface area contributed by atoms with Crippen LogP contribution in [-0.2, 0) is 5.60 Å². The number of thiazole rings is 1. The molecule has 0 saturated heterocycles. The lowest BCUT2D eigenvalue weighted by Gasteiger charge is -2.12. The molecule has 0 unspecified atom stereocenters. The molecule has 0 aromatic carbocycles. The molecule has 0 fully saturated rings. The number of aliphatic hydroxyl groups is 1. The minimum Gasteiger partial charge on any atom is -0.465 e. The van der Waals surface area contributed by atoms with Crippen LogP contribution in [0.1, 0.15) is 19.5 Å². The summed E-state index contributed by atoms with van der Waals surface area (Å²) >= 11 is 1.14. The minimum atomic E-state index is -1.16. The number of anilines is 1. The van der Waals surface area contributed by atoms with Crippen LogP contribution in [0.15, 0.2) is 5.38 Å². The molecule has 0 bridgehead atoms. The number of carbonyl (C=O) groups is 1. The monoisotopic (exact) mass is 202 g/mol. The van der Waals surface area contributed by atoms with Crippen molar-refractivity contribution >= 4 is 22.6 Å². The van der Waals surface area contributed by atoms with Gasteiger partial charge in [-0.1, -0.05) is 0 Å². The van der Waals surface area contributed by atoms with Crippen molar-refractivity contribution in [3.63, 3.8) is 0 Å². The summed E-state index contributed by atoms with van der Waals surface area (Å²) in [6.07, 6.45) is -1.16. The summed E-state index contributed by atoms with van der Waals surface area (Å²) in [4.78, 5) is 14.1. The van der Waals surface area contributed by atoms with Crippen LogP contribution in [0.5, 0.6) is 0 Å². The van der Waals surface area contributed by atoms with Gasteiger partial charge in [0.2, 0.25) is 0 Å². The van der Waals surface area contributed by atoms with Gasteiger partial charge in [0, 0.05) is 5.38 Å². The molecule has 1 amide bonds. The molecule has 1 rings (SSSR count). The molecule has 0 aliphatic rings. The number of hydrogen-bond donors (Lipinski definition) is 3. The summed E-state index contributed by atoms with van der Waals surface area (Å²) in [5, 5.41) is 21.9. The summed E-state index contributed by atoms with van der Waals surface area (Å²) in [5.41, 5.74) is -0.573. The SMILES string of the molecule is CC(C)(O)c1csc(NC(=O)O)n1. The van der Waals surface area contributed by atoms with E-state index in [4.69, 9.17) is 5.11 Å². The maximum Gasteiger partial charge on any atom is 0.410 e. The molecule has 0 aliphatic heterocycles. The smallest absolute Gasteiger partial charge is 0.410 e. The number of amides is 1. The Morgan fingerprint density at radius 1 is 1.69 bits per heavy atom. The van der Waals surface area contributed by atoms with E-state index < -0.39 is 11.7 Å². The fourth-order valence-corrected chi connectivity index (χ4v) is 1.57. The van der Waals surface area contributed by atoms with Crippen molar-refractivity contribution in [3.8, 4) is 0 Å². The topological polar surface area (TPSA) is 82.5 Å². The van der Waals surface area contributed by atoms with Gasteiger partial charge >= 0.3 is 6.09 Å². The Balaban J connectivity index is 2.81. The summed E-state index contributed by atoms with van der Waals surface area (Å²) in [6.45, 7) is 3.18. The van der Waals surface area contributed by atoms with Crippen LogP contribution in [0.2, 0.25) is 0 Å². The minimum absolute atomic E-state index is 0.268. The Labute approximate surface area is 79.1 Å². The molecule has 72 valence electrons. The van der Waals surface area contributed by atoms with E-state index in [1.807, 2.05) is 0 Å². The molecule has 6 heteroatoms. The molecule has 0 saturated carbocycles. The Hall–Kier alpha value is -1.14. The van der Waals surface area contributed by atoms with E-state index in [1.165, 1.54) is 0 Å². The van der Waals surface area contributed by atoms with Gasteiger partial charge in [-0.2, -0.15) is 0 Å². The van der Waals surface area contributed by atoms with Gasteiger partial charge in [-0.15, -0.1) is 11.3 Å². The molecule has 13 heavy (non-hydrogen) atoms. The van der Waals surface area contributed by atoms with Crippen LogP contribution in [0.25, 0.3) is 0 Å². The van der Waals surface area contributed by atoms with Gasteiger partial charge < -0.3 is 10.2 Å². The quantitative estimate of drug-likeness (QED) is 0.678. The third kappa shape index (κ3) is 2.67. The Morgan fingerprint density at radius 2 is 2.31 bits per heavy atom. The lowest BCUT2D eigenvalue weighted by atomic mass is 10.1. The van der Waals surface area contributed by atoms with Crippen LogP contribution in [-0.4, -0.2) is 21.3 Å².